The van der Waals surface area contributed by atoms with Crippen LogP contribution in [0, 0.1) is 5.92 Å². The third kappa shape index (κ3) is 4.22. The zero-order valence-electron chi connectivity index (χ0n) is 8.66. The summed E-state index contributed by atoms with van der Waals surface area (Å²) >= 11 is 0. The third-order valence-corrected chi connectivity index (χ3v) is 3.78. The van der Waals surface area contributed by atoms with E-state index in [1.807, 2.05) is 0 Å². The minimum Gasteiger partial charge on any atom is -0.299 e. The first kappa shape index (κ1) is 11.7. The number of sulfone groups is 1. The maximum absolute atomic E-state index is 11.4. The second-order valence-electron chi connectivity index (χ2n) is 4.18. The summed E-state index contributed by atoms with van der Waals surface area (Å²) in [6, 6.07) is 0. The van der Waals surface area contributed by atoms with E-state index in [9.17, 15) is 13.2 Å². The molecule has 1 aliphatic rings. The summed E-state index contributed by atoms with van der Waals surface area (Å²) in [6.07, 6.45) is 6.43. The summed E-state index contributed by atoms with van der Waals surface area (Å²) in [5.74, 6) is 0.701. The maximum atomic E-state index is 11.4. The summed E-state index contributed by atoms with van der Waals surface area (Å²) in [5, 5.41) is 0. The Balaban J connectivity index is 2.27. The van der Waals surface area contributed by atoms with E-state index in [2.05, 4.69) is 0 Å². The van der Waals surface area contributed by atoms with E-state index >= 15 is 0 Å². The fraction of sp³-hybridized carbons (Fsp3) is 0.900. The van der Waals surface area contributed by atoms with Gasteiger partial charge < -0.3 is 0 Å². The SMILES string of the molecule is CS(=O)(=O)CCCC1CCCCC1=O. The Morgan fingerprint density at radius 3 is 2.64 bits per heavy atom. The highest BCUT2D eigenvalue weighted by atomic mass is 32.2. The van der Waals surface area contributed by atoms with E-state index in [1.165, 1.54) is 6.26 Å². The molecule has 1 saturated carbocycles. The number of hydrogen-bond donors (Lipinski definition) is 0. The smallest absolute Gasteiger partial charge is 0.147 e. The Morgan fingerprint density at radius 2 is 2.07 bits per heavy atom. The summed E-state index contributed by atoms with van der Waals surface area (Å²) < 4.78 is 21.7. The molecule has 0 N–H and O–H groups in total. The zero-order valence-corrected chi connectivity index (χ0v) is 9.48. The standard InChI is InChI=1S/C10H18O3S/c1-14(12,13)8-4-6-9-5-2-3-7-10(9)11/h9H,2-8H2,1H3. The molecule has 0 aromatic carbocycles. The molecule has 0 aromatic heterocycles. The first-order valence-corrected chi connectivity index (χ1v) is 7.25. The zero-order chi connectivity index (χ0) is 10.6. The van der Waals surface area contributed by atoms with E-state index in [1.54, 1.807) is 0 Å². The molecule has 14 heavy (non-hydrogen) atoms. The molecule has 0 bridgehead atoms. The molecule has 0 radical (unpaired) electrons. The van der Waals surface area contributed by atoms with Gasteiger partial charge in [0, 0.05) is 24.3 Å². The second kappa shape index (κ2) is 4.91. The highest BCUT2D eigenvalue weighted by Crippen LogP contribution is 2.24. The van der Waals surface area contributed by atoms with Crippen LogP contribution in [-0.4, -0.2) is 26.2 Å². The van der Waals surface area contributed by atoms with Gasteiger partial charge >= 0.3 is 0 Å². The second-order valence-corrected chi connectivity index (χ2v) is 6.44. The summed E-state index contributed by atoms with van der Waals surface area (Å²) in [4.78, 5) is 11.4. The fourth-order valence-electron chi connectivity index (χ4n) is 1.95. The van der Waals surface area contributed by atoms with Crippen LogP contribution in [-0.2, 0) is 14.6 Å². The molecule has 0 amide bonds. The maximum Gasteiger partial charge on any atom is 0.147 e. The van der Waals surface area contributed by atoms with Gasteiger partial charge in [-0.15, -0.1) is 0 Å². The number of rotatable bonds is 4. The molecule has 1 fully saturated rings. The molecule has 1 aliphatic carbocycles. The average molecular weight is 218 g/mol. The van der Waals surface area contributed by atoms with Crippen molar-refractivity contribution in [1.29, 1.82) is 0 Å². The van der Waals surface area contributed by atoms with Gasteiger partial charge in [0.15, 0.2) is 0 Å². The molecule has 0 heterocycles. The summed E-state index contributed by atoms with van der Waals surface area (Å²) in [6.45, 7) is 0. The summed E-state index contributed by atoms with van der Waals surface area (Å²) in [5.41, 5.74) is 0. The molecule has 0 saturated heterocycles. The van der Waals surface area contributed by atoms with Crippen LogP contribution < -0.4 is 0 Å². The van der Waals surface area contributed by atoms with Gasteiger partial charge in [-0.1, -0.05) is 6.42 Å². The Kier molecular flexibility index (Phi) is 4.11. The molecule has 1 rings (SSSR count). The minimum atomic E-state index is -2.85. The highest BCUT2D eigenvalue weighted by molar-refractivity contribution is 7.90. The van der Waals surface area contributed by atoms with Gasteiger partial charge in [0.2, 0.25) is 0 Å². The largest absolute Gasteiger partial charge is 0.299 e. The van der Waals surface area contributed by atoms with Crippen molar-refractivity contribution in [3.05, 3.63) is 0 Å². The van der Waals surface area contributed by atoms with Gasteiger partial charge in [-0.05, 0) is 25.7 Å². The molecular formula is C10H18O3S. The molecule has 0 aliphatic heterocycles. The lowest BCUT2D eigenvalue weighted by molar-refractivity contribution is -0.124. The van der Waals surface area contributed by atoms with Crippen molar-refractivity contribution in [2.24, 2.45) is 5.92 Å². The first-order valence-electron chi connectivity index (χ1n) is 5.19. The van der Waals surface area contributed by atoms with E-state index in [0.717, 1.165) is 25.7 Å². The summed E-state index contributed by atoms with van der Waals surface area (Å²) in [7, 11) is -2.85. The van der Waals surface area contributed by atoms with E-state index < -0.39 is 9.84 Å². The van der Waals surface area contributed by atoms with Crippen molar-refractivity contribution in [2.75, 3.05) is 12.0 Å². The van der Waals surface area contributed by atoms with Crippen LogP contribution in [0.1, 0.15) is 38.5 Å². The van der Waals surface area contributed by atoms with Crippen molar-refractivity contribution in [1.82, 2.24) is 0 Å². The molecule has 4 heteroatoms. The van der Waals surface area contributed by atoms with Crippen LogP contribution >= 0.6 is 0 Å². The monoisotopic (exact) mass is 218 g/mol. The van der Waals surface area contributed by atoms with E-state index in [-0.39, 0.29) is 11.7 Å². The lowest BCUT2D eigenvalue weighted by Gasteiger charge is -2.19. The Hall–Kier alpha value is -0.380. The van der Waals surface area contributed by atoms with Crippen molar-refractivity contribution in [2.45, 2.75) is 38.5 Å². The van der Waals surface area contributed by atoms with Gasteiger partial charge in [0.05, 0.1) is 0 Å². The number of carbonyl (C=O) groups excluding carboxylic acids is 1. The Morgan fingerprint density at radius 1 is 1.36 bits per heavy atom. The molecule has 1 atom stereocenters. The highest BCUT2D eigenvalue weighted by Gasteiger charge is 2.21. The Bertz CT molecular complexity index is 292. The normalized spacial score (nSPS) is 23.8. The number of Topliss-reactive ketones (excluding diaryl/α,β-unsaturated/α-hetero) is 1. The lowest BCUT2D eigenvalue weighted by Crippen LogP contribution is -2.19. The molecular weight excluding hydrogens is 200 g/mol. The van der Waals surface area contributed by atoms with Gasteiger partial charge in [-0.25, -0.2) is 8.42 Å². The van der Waals surface area contributed by atoms with Crippen molar-refractivity contribution in [3.8, 4) is 0 Å². The van der Waals surface area contributed by atoms with Crippen LogP contribution in [0.15, 0.2) is 0 Å². The number of ketones is 1. The number of hydrogen-bond acceptors (Lipinski definition) is 3. The number of carbonyl (C=O) groups is 1. The van der Waals surface area contributed by atoms with Crippen molar-refractivity contribution in [3.63, 3.8) is 0 Å². The van der Waals surface area contributed by atoms with Crippen molar-refractivity contribution < 1.29 is 13.2 Å². The molecule has 0 spiro atoms. The molecule has 0 aromatic rings. The molecule has 1 unspecified atom stereocenters. The van der Waals surface area contributed by atoms with E-state index in [0.29, 0.717) is 18.6 Å². The first-order chi connectivity index (χ1) is 6.49. The van der Waals surface area contributed by atoms with E-state index in [4.69, 9.17) is 0 Å². The van der Waals surface area contributed by atoms with Crippen LogP contribution in [0.4, 0.5) is 0 Å². The Labute approximate surface area is 85.8 Å². The third-order valence-electron chi connectivity index (χ3n) is 2.75. The van der Waals surface area contributed by atoms with Crippen LogP contribution in [0.3, 0.4) is 0 Å². The van der Waals surface area contributed by atoms with Gasteiger partial charge in [-0.2, -0.15) is 0 Å². The fourth-order valence-corrected chi connectivity index (χ4v) is 2.64. The quantitative estimate of drug-likeness (QED) is 0.719. The van der Waals surface area contributed by atoms with Crippen molar-refractivity contribution >= 4 is 15.6 Å². The van der Waals surface area contributed by atoms with Crippen LogP contribution in [0.2, 0.25) is 0 Å². The van der Waals surface area contributed by atoms with Crippen LogP contribution in [0.5, 0.6) is 0 Å². The predicted molar refractivity (Wildman–Crippen MR) is 55.9 cm³/mol. The minimum absolute atomic E-state index is 0.144. The average Bonchev–Trinajstić information content (AvgIpc) is 2.06. The predicted octanol–water partition coefficient (Wildman–Crippen LogP) is 1.57. The van der Waals surface area contributed by atoms with Gasteiger partial charge in [0.25, 0.3) is 0 Å². The topological polar surface area (TPSA) is 51.2 Å². The lowest BCUT2D eigenvalue weighted by atomic mass is 9.85. The van der Waals surface area contributed by atoms with Gasteiger partial charge in [-0.3, -0.25) is 4.79 Å². The molecule has 3 nitrogen and oxygen atoms in total. The van der Waals surface area contributed by atoms with Crippen LogP contribution in [0.25, 0.3) is 0 Å². The van der Waals surface area contributed by atoms with Gasteiger partial charge in [0.1, 0.15) is 15.6 Å². The molecule has 82 valence electrons.